The predicted octanol–water partition coefficient (Wildman–Crippen LogP) is 0.455. The fourth-order valence-corrected chi connectivity index (χ4v) is 3.42. The molecule has 0 radical (unpaired) electrons. The van der Waals surface area contributed by atoms with Crippen molar-refractivity contribution in [1.82, 2.24) is 5.32 Å². The van der Waals surface area contributed by atoms with Crippen LogP contribution in [0.5, 0.6) is 0 Å². The van der Waals surface area contributed by atoms with E-state index in [1.54, 1.807) is 0 Å². The topological polar surface area (TPSA) is 70.0 Å². The third-order valence-corrected chi connectivity index (χ3v) is 4.89. The van der Waals surface area contributed by atoms with Crippen molar-refractivity contribution in [3.63, 3.8) is 0 Å². The lowest BCUT2D eigenvalue weighted by molar-refractivity contribution is 0.546. The second-order valence-corrected chi connectivity index (χ2v) is 6.03. The van der Waals surface area contributed by atoms with E-state index >= 15 is 0 Å². The highest BCUT2D eigenvalue weighted by Crippen LogP contribution is 2.19. The lowest BCUT2D eigenvalue weighted by atomic mass is 10.2. The zero-order valence-electron chi connectivity index (χ0n) is 8.36. The summed E-state index contributed by atoms with van der Waals surface area (Å²) < 4.78 is 22.9. The van der Waals surface area contributed by atoms with Gasteiger partial charge in [0.2, 0.25) is 0 Å². The van der Waals surface area contributed by atoms with Crippen molar-refractivity contribution in [2.45, 2.75) is 37.5 Å². The Morgan fingerprint density at radius 3 is 2.79 bits per heavy atom. The van der Waals surface area contributed by atoms with E-state index < -0.39 is 9.84 Å². The van der Waals surface area contributed by atoms with Crippen LogP contribution in [0.25, 0.3) is 0 Å². The molecule has 5 heteroatoms. The first-order valence-electron chi connectivity index (χ1n) is 4.94. The normalized spacial score (nSPS) is 27.0. The second-order valence-electron chi connectivity index (χ2n) is 3.63. The molecule has 0 aromatic heterocycles. The molecule has 0 aliphatic carbocycles. The average Bonchev–Trinajstić information content (AvgIpc) is 2.47. The highest BCUT2D eigenvalue weighted by molar-refractivity contribution is 7.92. The van der Waals surface area contributed by atoms with Gasteiger partial charge in [0.1, 0.15) is 0 Å². The minimum absolute atomic E-state index is 0.217. The smallest absolute Gasteiger partial charge is 0.154 e. The van der Waals surface area contributed by atoms with Gasteiger partial charge in [0, 0.05) is 6.54 Å². The van der Waals surface area contributed by atoms with Crippen molar-refractivity contribution < 1.29 is 8.42 Å². The largest absolute Gasteiger partial charge is 0.301 e. The van der Waals surface area contributed by atoms with Gasteiger partial charge < -0.3 is 5.32 Å². The number of nitrogens with one attached hydrogen (secondary N) is 1. The molecule has 1 N–H and O–H groups in total. The van der Waals surface area contributed by atoms with Crippen LogP contribution in [0, 0.1) is 11.3 Å². The van der Waals surface area contributed by atoms with E-state index in [0.29, 0.717) is 18.7 Å². The maximum absolute atomic E-state index is 11.4. The van der Waals surface area contributed by atoms with Gasteiger partial charge in [-0.2, -0.15) is 5.26 Å². The van der Waals surface area contributed by atoms with E-state index in [0.717, 1.165) is 12.8 Å². The molecule has 2 unspecified atom stereocenters. The third kappa shape index (κ3) is 2.69. The molecule has 14 heavy (non-hydrogen) atoms. The number of rotatable bonds is 4. The summed E-state index contributed by atoms with van der Waals surface area (Å²) in [5.41, 5.74) is 0. The molecule has 0 spiro atoms. The van der Waals surface area contributed by atoms with Gasteiger partial charge in [-0.25, -0.2) is 8.42 Å². The van der Waals surface area contributed by atoms with Crippen LogP contribution in [-0.4, -0.2) is 32.0 Å². The summed E-state index contributed by atoms with van der Waals surface area (Å²) in [6.45, 7) is 2.33. The first-order chi connectivity index (χ1) is 6.60. The van der Waals surface area contributed by atoms with Gasteiger partial charge in [0.15, 0.2) is 9.84 Å². The lowest BCUT2D eigenvalue weighted by Crippen LogP contribution is -2.36. The zero-order valence-corrected chi connectivity index (χ0v) is 9.18. The highest BCUT2D eigenvalue weighted by Gasteiger charge is 2.31. The fraction of sp³-hybridized carbons (Fsp3) is 0.889. The molecule has 80 valence electrons. The minimum atomic E-state index is -2.87. The number of sulfone groups is 1. The van der Waals surface area contributed by atoms with Crippen LogP contribution in [0.15, 0.2) is 0 Å². The van der Waals surface area contributed by atoms with Crippen LogP contribution >= 0.6 is 0 Å². The first-order valence-corrected chi connectivity index (χ1v) is 6.66. The Bertz CT molecular complexity index is 318. The molecule has 1 rings (SSSR count). The van der Waals surface area contributed by atoms with E-state index in [1.807, 2.05) is 6.92 Å². The van der Waals surface area contributed by atoms with Crippen LogP contribution in [0.2, 0.25) is 0 Å². The standard InChI is InChI=1S/C9H16N2O2S/c1-2-8(6-10)11-7-9-4-3-5-14(9,12)13/h8-9,11H,2-5,7H2,1H3. The lowest BCUT2D eigenvalue weighted by Gasteiger charge is -2.13. The molecule has 0 bridgehead atoms. The Morgan fingerprint density at radius 2 is 2.36 bits per heavy atom. The molecule has 1 fully saturated rings. The fourth-order valence-electron chi connectivity index (χ4n) is 1.64. The molecule has 2 atom stereocenters. The molecular weight excluding hydrogens is 200 g/mol. The molecule has 1 heterocycles. The number of nitrogens with zero attached hydrogens (tertiary/aromatic N) is 1. The molecule has 1 saturated heterocycles. The third-order valence-electron chi connectivity index (χ3n) is 2.62. The minimum Gasteiger partial charge on any atom is -0.301 e. The summed E-state index contributed by atoms with van der Waals surface area (Å²) in [5.74, 6) is 0.308. The Labute approximate surface area is 85.2 Å². The molecule has 1 aliphatic rings. The van der Waals surface area contributed by atoms with Gasteiger partial charge in [-0.15, -0.1) is 0 Å². The highest BCUT2D eigenvalue weighted by atomic mass is 32.2. The summed E-state index contributed by atoms with van der Waals surface area (Å²) in [7, 11) is -2.87. The Hall–Kier alpha value is -0.600. The predicted molar refractivity (Wildman–Crippen MR) is 54.5 cm³/mol. The Morgan fingerprint density at radius 1 is 1.64 bits per heavy atom. The van der Waals surface area contributed by atoms with E-state index in [1.165, 1.54) is 0 Å². The summed E-state index contributed by atoms with van der Waals surface area (Å²) >= 11 is 0. The maximum Gasteiger partial charge on any atom is 0.154 e. The van der Waals surface area contributed by atoms with Crippen LogP contribution in [0.4, 0.5) is 0 Å². The van der Waals surface area contributed by atoms with Gasteiger partial charge in [-0.3, -0.25) is 0 Å². The van der Waals surface area contributed by atoms with Gasteiger partial charge in [0.25, 0.3) is 0 Å². The van der Waals surface area contributed by atoms with Gasteiger partial charge >= 0.3 is 0 Å². The Kier molecular flexibility index (Phi) is 3.90. The number of hydrogen-bond acceptors (Lipinski definition) is 4. The van der Waals surface area contributed by atoms with Crippen molar-refractivity contribution in [1.29, 1.82) is 5.26 Å². The average molecular weight is 216 g/mol. The number of nitriles is 1. The van der Waals surface area contributed by atoms with Crippen molar-refractivity contribution in [2.24, 2.45) is 0 Å². The molecule has 0 aromatic rings. The van der Waals surface area contributed by atoms with Crippen LogP contribution in [0.1, 0.15) is 26.2 Å². The van der Waals surface area contributed by atoms with E-state index in [4.69, 9.17) is 5.26 Å². The van der Waals surface area contributed by atoms with Gasteiger partial charge in [-0.1, -0.05) is 6.92 Å². The Balaban J connectivity index is 2.43. The van der Waals surface area contributed by atoms with E-state index in [-0.39, 0.29) is 11.3 Å². The first kappa shape index (κ1) is 11.5. The van der Waals surface area contributed by atoms with Crippen molar-refractivity contribution >= 4 is 9.84 Å². The van der Waals surface area contributed by atoms with Crippen molar-refractivity contribution in [2.75, 3.05) is 12.3 Å². The molecule has 0 saturated carbocycles. The van der Waals surface area contributed by atoms with E-state index in [2.05, 4.69) is 11.4 Å². The SMILES string of the molecule is CCC(C#N)NCC1CCCS1(=O)=O. The van der Waals surface area contributed by atoms with Crippen LogP contribution < -0.4 is 5.32 Å². The summed E-state index contributed by atoms with van der Waals surface area (Å²) in [6, 6.07) is 1.88. The van der Waals surface area contributed by atoms with Crippen molar-refractivity contribution in [3.05, 3.63) is 0 Å². The number of hydrogen-bond donors (Lipinski definition) is 1. The van der Waals surface area contributed by atoms with Gasteiger partial charge in [-0.05, 0) is 19.3 Å². The molecule has 4 nitrogen and oxygen atoms in total. The van der Waals surface area contributed by atoms with Gasteiger partial charge in [0.05, 0.1) is 23.1 Å². The second kappa shape index (κ2) is 4.76. The summed E-state index contributed by atoms with van der Waals surface area (Å²) in [4.78, 5) is 0. The summed E-state index contributed by atoms with van der Waals surface area (Å²) in [6.07, 6.45) is 2.21. The van der Waals surface area contributed by atoms with E-state index in [9.17, 15) is 8.42 Å². The van der Waals surface area contributed by atoms with Crippen molar-refractivity contribution in [3.8, 4) is 6.07 Å². The maximum atomic E-state index is 11.4. The molecule has 0 amide bonds. The molecule has 0 aromatic carbocycles. The zero-order chi connectivity index (χ0) is 10.6. The van der Waals surface area contributed by atoms with Crippen LogP contribution in [0.3, 0.4) is 0 Å². The van der Waals surface area contributed by atoms with Crippen LogP contribution in [-0.2, 0) is 9.84 Å². The monoisotopic (exact) mass is 216 g/mol. The molecule has 1 aliphatic heterocycles. The molecular formula is C9H16N2O2S. The summed E-state index contributed by atoms with van der Waals surface area (Å²) in [5, 5.41) is 11.4. The quantitative estimate of drug-likeness (QED) is 0.741.